The van der Waals surface area contributed by atoms with Crippen LogP contribution in [0.15, 0.2) is 24.3 Å². The second-order valence-electron chi connectivity index (χ2n) is 5.97. The van der Waals surface area contributed by atoms with Crippen molar-refractivity contribution >= 4 is 21.6 Å². The molecule has 1 fully saturated rings. The molecule has 21 heavy (non-hydrogen) atoms. The topological polar surface area (TPSA) is 28.2 Å². The molecule has 0 radical (unpaired) electrons. The van der Waals surface area contributed by atoms with Crippen molar-refractivity contribution < 1.29 is 0 Å². The lowest BCUT2D eigenvalue weighted by atomic mass is 10.0. The van der Waals surface area contributed by atoms with Crippen LogP contribution in [0, 0.1) is 0 Å². The molecule has 3 atom stereocenters. The summed E-state index contributed by atoms with van der Waals surface area (Å²) in [5.74, 6) is 0. The van der Waals surface area contributed by atoms with Crippen LogP contribution in [-0.4, -0.2) is 35.1 Å². The highest BCUT2D eigenvalue weighted by Crippen LogP contribution is 2.32. The smallest absolute Gasteiger partial charge is 0.111 e. The van der Waals surface area contributed by atoms with E-state index in [-0.39, 0.29) is 0 Å². The van der Waals surface area contributed by atoms with Gasteiger partial charge in [-0.05, 0) is 31.9 Å². The molecule has 3 nitrogen and oxygen atoms in total. The molecule has 4 heteroatoms. The van der Waals surface area contributed by atoms with Gasteiger partial charge < -0.3 is 5.32 Å². The van der Waals surface area contributed by atoms with Crippen LogP contribution in [0.1, 0.15) is 44.7 Å². The van der Waals surface area contributed by atoms with Gasteiger partial charge in [-0.1, -0.05) is 26.0 Å². The third kappa shape index (κ3) is 2.98. The molecule has 0 spiro atoms. The van der Waals surface area contributed by atoms with E-state index in [2.05, 4.69) is 55.3 Å². The van der Waals surface area contributed by atoms with E-state index in [4.69, 9.17) is 4.98 Å². The molecule has 114 valence electrons. The number of para-hydroxylation sites is 1. The summed E-state index contributed by atoms with van der Waals surface area (Å²) in [5, 5.41) is 4.93. The van der Waals surface area contributed by atoms with Crippen molar-refractivity contribution in [2.75, 3.05) is 13.1 Å². The maximum absolute atomic E-state index is 4.86. The Morgan fingerprint density at radius 1 is 1.33 bits per heavy atom. The second-order valence-corrected chi connectivity index (χ2v) is 7.03. The first-order valence-electron chi connectivity index (χ1n) is 8.07. The first-order chi connectivity index (χ1) is 10.2. The van der Waals surface area contributed by atoms with Gasteiger partial charge in [0.15, 0.2) is 0 Å². The number of hydrogen-bond acceptors (Lipinski definition) is 4. The molecular formula is C17H25N3S. The van der Waals surface area contributed by atoms with Gasteiger partial charge in [0.25, 0.3) is 0 Å². The minimum atomic E-state index is 0.406. The Labute approximate surface area is 131 Å². The fraction of sp³-hybridized carbons (Fsp3) is 0.588. The highest BCUT2D eigenvalue weighted by molar-refractivity contribution is 7.18. The van der Waals surface area contributed by atoms with E-state index in [1.165, 1.54) is 22.5 Å². The number of hydrogen-bond donors (Lipinski definition) is 1. The van der Waals surface area contributed by atoms with Crippen LogP contribution in [0.4, 0.5) is 0 Å². The molecular weight excluding hydrogens is 278 g/mol. The molecule has 0 amide bonds. The Morgan fingerprint density at radius 3 is 2.86 bits per heavy atom. The van der Waals surface area contributed by atoms with E-state index in [1.807, 2.05) is 11.3 Å². The minimum absolute atomic E-state index is 0.406. The third-order valence-electron chi connectivity index (χ3n) is 4.67. The summed E-state index contributed by atoms with van der Waals surface area (Å²) in [6.07, 6.45) is 2.39. The summed E-state index contributed by atoms with van der Waals surface area (Å²) in [6.45, 7) is 9.11. The van der Waals surface area contributed by atoms with Gasteiger partial charge in [0.2, 0.25) is 0 Å². The zero-order valence-electron chi connectivity index (χ0n) is 13.2. The van der Waals surface area contributed by atoms with E-state index >= 15 is 0 Å². The molecule has 0 aliphatic carbocycles. The standard InChI is InChI=1S/C17H25N3S/c1-4-13-11-20(14(5-2)10-18-13)12(3)17-19-15-8-6-7-9-16(15)21-17/h6-9,12-14,18H,4-5,10-11H2,1-3H3. The maximum Gasteiger partial charge on any atom is 0.111 e. The zero-order chi connectivity index (χ0) is 14.8. The van der Waals surface area contributed by atoms with Crippen LogP contribution in [0.5, 0.6) is 0 Å². The van der Waals surface area contributed by atoms with Crippen LogP contribution in [0.25, 0.3) is 10.2 Å². The average molecular weight is 303 g/mol. The third-order valence-corrected chi connectivity index (χ3v) is 5.88. The second kappa shape index (κ2) is 6.42. The molecule has 1 saturated heterocycles. The van der Waals surface area contributed by atoms with Gasteiger partial charge in [0, 0.05) is 25.2 Å². The Hall–Kier alpha value is -0.970. The molecule has 2 heterocycles. The minimum Gasteiger partial charge on any atom is -0.311 e. The van der Waals surface area contributed by atoms with Crippen molar-refractivity contribution in [2.24, 2.45) is 0 Å². The van der Waals surface area contributed by atoms with Gasteiger partial charge in [-0.25, -0.2) is 4.98 Å². The molecule has 1 aromatic heterocycles. The Morgan fingerprint density at radius 2 is 2.14 bits per heavy atom. The van der Waals surface area contributed by atoms with Crippen molar-refractivity contribution in [3.8, 4) is 0 Å². The normalized spacial score (nSPS) is 25.3. The van der Waals surface area contributed by atoms with E-state index in [9.17, 15) is 0 Å². The molecule has 3 rings (SSSR count). The fourth-order valence-corrected chi connectivity index (χ4v) is 4.27. The molecule has 1 N–H and O–H groups in total. The van der Waals surface area contributed by atoms with Crippen molar-refractivity contribution in [3.05, 3.63) is 29.3 Å². The number of benzene rings is 1. The molecule has 0 bridgehead atoms. The maximum atomic E-state index is 4.86. The summed E-state index contributed by atoms with van der Waals surface area (Å²) in [6, 6.07) is 10.1. The van der Waals surface area contributed by atoms with Gasteiger partial charge in [-0.3, -0.25) is 4.90 Å². The first-order valence-corrected chi connectivity index (χ1v) is 8.89. The Balaban J connectivity index is 1.85. The number of nitrogens with one attached hydrogen (secondary N) is 1. The number of piperazine rings is 1. The van der Waals surface area contributed by atoms with E-state index < -0.39 is 0 Å². The number of fused-ring (bicyclic) bond motifs is 1. The van der Waals surface area contributed by atoms with Crippen LogP contribution in [0.2, 0.25) is 0 Å². The van der Waals surface area contributed by atoms with Crippen molar-refractivity contribution in [2.45, 2.75) is 51.7 Å². The number of rotatable bonds is 4. The van der Waals surface area contributed by atoms with Crippen molar-refractivity contribution in [1.29, 1.82) is 0 Å². The molecule has 0 saturated carbocycles. The van der Waals surface area contributed by atoms with E-state index in [0.29, 0.717) is 18.1 Å². The molecule has 3 unspecified atom stereocenters. The summed E-state index contributed by atoms with van der Waals surface area (Å²) >= 11 is 1.85. The monoisotopic (exact) mass is 303 g/mol. The summed E-state index contributed by atoms with van der Waals surface area (Å²) in [5.41, 5.74) is 1.14. The number of aromatic nitrogens is 1. The van der Waals surface area contributed by atoms with E-state index in [1.54, 1.807) is 0 Å². The highest BCUT2D eigenvalue weighted by Gasteiger charge is 2.31. The molecule has 1 aliphatic heterocycles. The zero-order valence-corrected chi connectivity index (χ0v) is 14.0. The Bertz CT molecular complexity index is 561. The number of thiazole rings is 1. The lowest BCUT2D eigenvalue weighted by molar-refractivity contribution is 0.0850. The lowest BCUT2D eigenvalue weighted by Gasteiger charge is -2.42. The fourth-order valence-electron chi connectivity index (χ4n) is 3.23. The summed E-state index contributed by atoms with van der Waals surface area (Å²) in [7, 11) is 0. The number of nitrogens with zero attached hydrogens (tertiary/aromatic N) is 2. The SMILES string of the molecule is CCC1CN(C(C)c2nc3ccccc3s2)C(CC)CN1. The average Bonchev–Trinajstić information content (AvgIpc) is 2.97. The van der Waals surface area contributed by atoms with Gasteiger partial charge >= 0.3 is 0 Å². The van der Waals surface area contributed by atoms with Crippen molar-refractivity contribution in [1.82, 2.24) is 15.2 Å². The molecule has 1 aromatic carbocycles. The van der Waals surface area contributed by atoms with Gasteiger partial charge in [-0.2, -0.15) is 0 Å². The largest absolute Gasteiger partial charge is 0.311 e. The molecule has 1 aliphatic rings. The van der Waals surface area contributed by atoms with Crippen LogP contribution in [0.3, 0.4) is 0 Å². The quantitative estimate of drug-likeness (QED) is 0.930. The van der Waals surface area contributed by atoms with Gasteiger partial charge in [0.1, 0.15) is 5.01 Å². The molecule has 2 aromatic rings. The predicted molar refractivity (Wildman–Crippen MR) is 90.9 cm³/mol. The van der Waals surface area contributed by atoms with Crippen LogP contribution >= 0.6 is 11.3 Å². The van der Waals surface area contributed by atoms with Crippen LogP contribution in [-0.2, 0) is 0 Å². The first kappa shape index (κ1) is 14.9. The summed E-state index contributed by atoms with van der Waals surface area (Å²) < 4.78 is 1.30. The Kier molecular flexibility index (Phi) is 4.57. The van der Waals surface area contributed by atoms with Gasteiger partial charge in [0.05, 0.1) is 16.3 Å². The lowest BCUT2D eigenvalue weighted by Crippen LogP contribution is -2.56. The van der Waals surface area contributed by atoms with Crippen molar-refractivity contribution in [3.63, 3.8) is 0 Å². The summed E-state index contributed by atoms with van der Waals surface area (Å²) in [4.78, 5) is 7.52. The van der Waals surface area contributed by atoms with Crippen LogP contribution < -0.4 is 5.32 Å². The predicted octanol–water partition coefficient (Wildman–Crippen LogP) is 3.82. The van der Waals surface area contributed by atoms with Gasteiger partial charge in [-0.15, -0.1) is 11.3 Å². The highest BCUT2D eigenvalue weighted by atomic mass is 32.1. The van der Waals surface area contributed by atoms with E-state index in [0.717, 1.165) is 18.6 Å².